The van der Waals surface area contributed by atoms with E-state index in [1.54, 1.807) is 0 Å². The molecular weight excluding hydrogens is 262 g/mol. The molecule has 4 nitrogen and oxygen atoms in total. The number of benzene rings is 1. The number of hydrogen-bond donors (Lipinski definition) is 1. The molecule has 1 unspecified atom stereocenters. The van der Waals surface area contributed by atoms with Crippen molar-refractivity contribution in [2.75, 3.05) is 11.9 Å². The quantitative estimate of drug-likeness (QED) is 0.933. The van der Waals surface area contributed by atoms with Crippen molar-refractivity contribution in [3.8, 4) is 5.75 Å². The van der Waals surface area contributed by atoms with Crippen molar-refractivity contribution < 1.29 is 4.74 Å². The SMILES string of the molecule is CCNc1nc(C2Cc3ccccc3O2)nc(CC)c1C. The van der Waals surface area contributed by atoms with Gasteiger partial charge in [0.05, 0.1) is 0 Å². The van der Waals surface area contributed by atoms with Gasteiger partial charge >= 0.3 is 0 Å². The monoisotopic (exact) mass is 283 g/mol. The maximum absolute atomic E-state index is 6.01. The van der Waals surface area contributed by atoms with Crippen LogP contribution >= 0.6 is 0 Å². The van der Waals surface area contributed by atoms with Gasteiger partial charge in [-0.15, -0.1) is 0 Å². The van der Waals surface area contributed by atoms with Gasteiger partial charge in [0.25, 0.3) is 0 Å². The fourth-order valence-electron chi connectivity index (χ4n) is 2.74. The van der Waals surface area contributed by atoms with Crippen LogP contribution in [0.15, 0.2) is 24.3 Å². The summed E-state index contributed by atoms with van der Waals surface area (Å²) >= 11 is 0. The van der Waals surface area contributed by atoms with E-state index < -0.39 is 0 Å². The summed E-state index contributed by atoms with van der Waals surface area (Å²) in [5.74, 6) is 2.67. The summed E-state index contributed by atoms with van der Waals surface area (Å²) in [6.45, 7) is 7.13. The molecule has 0 fully saturated rings. The predicted molar refractivity (Wildman–Crippen MR) is 83.8 cm³/mol. The lowest BCUT2D eigenvalue weighted by Crippen LogP contribution is -2.14. The third-order valence-electron chi connectivity index (χ3n) is 3.88. The van der Waals surface area contributed by atoms with Crippen LogP contribution in [0.25, 0.3) is 0 Å². The second-order valence-electron chi connectivity index (χ2n) is 5.30. The molecule has 0 saturated heterocycles. The van der Waals surface area contributed by atoms with Crippen molar-refractivity contribution in [2.24, 2.45) is 0 Å². The molecule has 1 atom stereocenters. The summed E-state index contributed by atoms with van der Waals surface area (Å²) in [5, 5.41) is 3.33. The minimum Gasteiger partial charge on any atom is -0.482 e. The molecule has 3 rings (SSSR count). The standard InChI is InChI=1S/C17H21N3O/c1-4-13-11(3)16(18-5-2)20-17(19-13)15-10-12-8-6-7-9-14(12)21-15/h6-9,15H,4-5,10H2,1-3H3,(H,18,19,20). The van der Waals surface area contributed by atoms with Gasteiger partial charge in [0, 0.05) is 24.2 Å². The number of ether oxygens (including phenoxy) is 1. The largest absolute Gasteiger partial charge is 0.482 e. The molecular formula is C17H21N3O. The molecule has 1 aromatic carbocycles. The van der Waals surface area contributed by atoms with E-state index in [1.807, 2.05) is 18.2 Å². The first-order valence-corrected chi connectivity index (χ1v) is 7.58. The van der Waals surface area contributed by atoms with Crippen molar-refractivity contribution in [3.63, 3.8) is 0 Å². The molecule has 2 heterocycles. The number of hydrogen-bond acceptors (Lipinski definition) is 4. The Kier molecular flexibility index (Phi) is 3.78. The third kappa shape index (κ3) is 2.58. The summed E-state index contributed by atoms with van der Waals surface area (Å²) in [5.41, 5.74) is 3.46. The number of para-hydroxylation sites is 1. The first kappa shape index (κ1) is 13.9. The van der Waals surface area contributed by atoms with Crippen LogP contribution in [-0.2, 0) is 12.8 Å². The minimum atomic E-state index is -0.0780. The molecule has 0 radical (unpaired) electrons. The van der Waals surface area contributed by atoms with Gasteiger partial charge in [0.2, 0.25) is 0 Å². The van der Waals surface area contributed by atoms with Crippen molar-refractivity contribution in [1.29, 1.82) is 0 Å². The molecule has 21 heavy (non-hydrogen) atoms. The van der Waals surface area contributed by atoms with Crippen molar-refractivity contribution >= 4 is 5.82 Å². The Bertz CT molecular complexity index is 629. The normalized spacial score (nSPS) is 16.4. The lowest BCUT2D eigenvalue weighted by atomic mass is 10.1. The smallest absolute Gasteiger partial charge is 0.172 e. The summed E-state index contributed by atoms with van der Waals surface area (Å²) < 4.78 is 6.01. The number of aromatic nitrogens is 2. The Labute approximate surface area is 125 Å². The highest BCUT2D eigenvalue weighted by Gasteiger charge is 2.27. The zero-order valence-corrected chi connectivity index (χ0v) is 12.8. The number of nitrogens with one attached hydrogen (secondary N) is 1. The van der Waals surface area contributed by atoms with Crippen molar-refractivity contribution in [2.45, 2.75) is 39.7 Å². The van der Waals surface area contributed by atoms with Crippen LogP contribution in [-0.4, -0.2) is 16.5 Å². The highest BCUT2D eigenvalue weighted by Crippen LogP contribution is 2.35. The van der Waals surface area contributed by atoms with Crippen LogP contribution in [0.3, 0.4) is 0 Å². The highest BCUT2D eigenvalue weighted by atomic mass is 16.5. The van der Waals surface area contributed by atoms with Crippen LogP contribution in [0.4, 0.5) is 5.82 Å². The van der Waals surface area contributed by atoms with Crippen LogP contribution in [0.2, 0.25) is 0 Å². The summed E-state index contributed by atoms with van der Waals surface area (Å²) in [4.78, 5) is 9.41. The molecule has 0 amide bonds. The maximum atomic E-state index is 6.01. The number of anilines is 1. The first-order chi connectivity index (χ1) is 10.2. The van der Waals surface area contributed by atoms with Crippen LogP contribution in [0.1, 0.15) is 42.6 Å². The Hall–Kier alpha value is -2.10. The molecule has 1 aliphatic heterocycles. The van der Waals surface area contributed by atoms with Gasteiger partial charge in [-0.05, 0) is 31.9 Å². The fourth-order valence-corrected chi connectivity index (χ4v) is 2.74. The van der Waals surface area contributed by atoms with Gasteiger partial charge in [-0.25, -0.2) is 9.97 Å². The Morgan fingerprint density at radius 1 is 1.24 bits per heavy atom. The Morgan fingerprint density at radius 3 is 2.76 bits per heavy atom. The predicted octanol–water partition coefficient (Wildman–Crippen LogP) is 3.46. The van der Waals surface area contributed by atoms with E-state index in [0.717, 1.165) is 48.0 Å². The molecule has 1 aliphatic rings. The lowest BCUT2D eigenvalue weighted by molar-refractivity contribution is 0.227. The zero-order valence-electron chi connectivity index (χ0n) is 12.8. The number of aryl methyl sites for hydroxylation is 1. The van der Waals surface area contributed by atoms with Gasteiger partial charge in [-0.1, -0.05) is 25.1 Å². The number of nitrogens with zero attached hydrogens (tertiary/aromatic N) is 2. The molecule has 0 aliphatic carbocycles. The average molecular weight is 283 g/mol. The first-order valence-electron chi connectivity index (χ1n) is 7.58. The van der Waals surface area contributed by atoms with Gasteiger partial charge in [0.15, 0.2) is 11.9 Å². The van der Waals surface area contributed by atoms with Crippen molar-refractivity contribution in [1.82, 2.24) is 9.97 Å². The zero-order chi connectivity index (χ0) is 14.8. The van der Waals surface area contributed by atoms with Gasteiger partial charge in [-0.3, -0.25) is 0 Å². The van der Waals surface area contributed by atoms with E-state index >= 15 is 0 Å². The molecule has 0 bridgehead atoms. The molecule has 1 N–H and O–H groups in total. The summed E-state index contributed by atoms with van der Waals surface area (Å²) in [6.07, 6.45) is 1.67. The topological polar surface area (TPSA) is 47.0 Å². The molecule has 1 aromatic heterocycles. The van der Waals surface area contributed by atoms with E-state index in [2.05, 4.69) is 37.1 Å². The molecule has 0 saturated carbocycles. The molecule has 110 valence electrons. The van der Waals surface area contributed by atoms with E-state index in [-0.39, 0.29) is 6.10 Å². The second-order valence-corrected chi connectivity index (χ2v) is 5.30. The van der Waals surface area contributed by atoms with Gasteiger partial charge in [-0.2, -0.15) is 0 Å². The van der Waals surface area contributed by atoms with E-state index in [9.17, 15) is 0 Å². The van der Waals surface area contributed by atoms with Crippen LogP contribution in [0, 0.1) is 6.92 Å². The van der Waals surface area contributed by atoms with E-state index in [0.29, 0.717) is 0 Å². The molecule has 4 heteroatoms. The Balaban J connectivity index is 1.95. The lowest BCUT2D eigenvalue weighted by Gasteiger charge is -2.15. The maximum Gasteiger partial charge on any atom is 0.172 e. The highest BCUT2D eigenvalue weighted by molar-refractivity contribution is 5.46. The third-order valence-corrected chi connectivity index (χ3v) is 3.88. The van der Waals surface area contributed by atoms with Gasteiger partial charge in [0.1, 0.15) is 11.6 Å². The minimum absolute atomic E-state index is 0.0780. The van der Waals surface area contributed by atoms with Gasteiger partial charge < -0.3 is 10.1 Å². The van der Waals surface area contributed by atoms with Crippen LogP contribution in [0.5, 0.6) is 5.75 Å². The summed E-state index contributed by atoms with van der Waals surface area (Å²) in [6, 6.07) is 8.16. The van der Waals surface area contributed by atoms with E-state index in [4.69, 9.17) is 9.72 Å². The van der Waals surface area contributed by atoms with Crippen molar-refractivity contribution in [3.05, 3.63) is 46.9 Å². The fraction of sp³-hybridized carbons (Fsp3) is 0.412. The Morgan fingerprint density at radius 2 is 2.05 bits per heavy atom. The summed E-state index contributed by atoms with van der Waals surface area (Å²) in [7, 11) is 0. The number of rotatable bonds is 4. The second kappa shape index (κ2) is 5.72. The molecule has 2 aromatic rings. The van der Waals surface area contributed by atoms with E-state index in [1.165, 1.54) is 5.56 Å². The number of fused-ring (bicyclic) bond motifs is 1. The average Bonchev–Trinajstić information content (AvgIpc) is 2.93. The molecule has 0 spiro atoms. The van der Waals surface area contributed by atoms with Crippen LogP contribution < -0.4 is 10.1 Å².